The third-order valence-electron chi connectivity index (χ3n) is 5.96. The predicted molar refractivity (Wildman–Crippen MR) is 110 cm³/mol. The summed E-state index contributed by atoms with van der Waals surface area (Å²) in [6.07, 6.45) is 4.77. The van der Waals surface area contributed by atoms with Crippen molar-refractivity contribution in [2.24, 2.45) is 11.8 Å². The Hall–Kier alpha value is -2.79. The van der Waals surface area contributed by atoms with Crippen LogP contribution in [0.1, 0.15) is 30.4 Å². The molecule has 4 atom stereocenters. The summed E-state index contributed by atoms with van der Waals surface area (Å²) >= 11 is 0. The minimum Gasteiger partial charge on any atom is -0.462 e. The second-order valence-electron chi connectivity index (χ2n) is 7.96. The third kappa shape index (κ3) is 4.85. The molecule has 30 heavy (non-hydrogen) atoms. The lowest BCUT2D eigenvalue weighted by Gasteiger charge is -2.20. The van der Waals surface area contributed by atoms with Gasteiger partial charge in [0.15, 0.2) is 5.78 Å². The van der Waals surface area contributed by atoms with Gasteiger partial charge in [-0.25, -0.2) is 4.39 Å². The summed E-state index contributed by atoms with van der Waals surface area (Å²) in [5.41, 5.74) is 1.62. The van der Waals surface area contributed by atoms with Gasteiger partial charge >= 0.3 is 5.97 Å². The molecule has 1 saturated heterocycles. The van der Waals surface area contributed by atoms with Crippen LogP contribution in [0.25, 0.3) is 0 Å². The van der Waals surface area contributed by atoms with Crippen molar-refractivity contribution >= 4 is 11.8 Å². The Kier molecular flexibility index (Phi) is 6.38. The lowest BCUT2D eigenvalue weighted by molar-refractivity contribution is -0.142. The van der Waals surface area contributed by atoms with Crippen LogP contribution in [-0.4, -0.2) is 24.0 Å². The number of hydrogen-bond acceptors (Lipinski definition) is 4. The molecule has 1 aliphatic carbocycles. The first kappa shape index (κ1) is 20.5. The number of fused-ring (bicyclic) bond motifs is 1. The van der Waals surface area contributed by atoms with Gasteiger partial charge in [0.1, 0.15) is 11.9 Å². The van der Waals surface area contributed by atoms with E-state index in [4.69, 9.17) is 9.47 Å². The predicted octanol–water partition coefficient (Wildman–Crippen LogP) is 4.42. The summed E-state index contributed by atoms with van der Waals surface area (Å²) in [5, 5.41) is 0. The molecule has 4 unspecified atom stereocenters. The second-order valence-corrected chi connectivity index (χ2v) is 7.96. The number of allylic oxidation sites excluding steroid dienone is 1. The highest BCUT2D eigenvalue weighted by Crippen LogP contribution is 2.43. The number of aryl methyl sites for hydroxylation is 1. The van der Waals surface area contributed by atoms with Crippen LogP contribution in [0.3, 0.4) is 0 Å². The van der Waals surface area contributed by atoms with Gasteiger partial charge in [-0.05, 0) is 29.7 Å². The molecule has 1 heterocycles. The van der Waals surface area contributed by atoms with Crippen LogP contribution in [0.4, 0.5) is 4.39 Å². The summed E-state index contributed by atoms with van der Waals surface area (Å²) in [6.45, 7) is 0.477. The standard InChI is InChI=1S/C25H25FO4/c26-22-9-5-4-8-18(22)10-11-19(27)12-13-20-21-14-25(28)30-24(21)15-23(20)29-16-17-6-2-1-3-7-17/h1-9,12-13,20-21,23-24H,10-11,14-16H2. The monoisotopic (exact) mass is 408 g/mol. The zero-order valence-electron chi connectivity index (χ0n) is 16.7. The summed E-state index contributed by atoms with van der Waals surface area (Å²) in [5.74, 6) is -0.551. The Morgan fingerprint density at radius 1 is 1.13 bits per heavy atom. The van der Waals surface area contributed by atoms with Crippen molar-refractivity contribution in [3.8, 4) is 0 Å². The van der Waals surface area contributed by atoms with E-state index in [1.54, 1.807) is 24.3 Å². The van der Waals surface area contributed by atoms with Crippen molar-refractivity contribution in [1.29, 1.82) is 0 Å². The maximum absolute atomic E-state index is 13.7. The highest BCUT2D eigenvalue weighted by molar-refractivity contribution is 5.89. The summed E-state index contributed by atoms with van der Waals surface area (Å²) in [4.78, 5) is 24.1. The van der Waals surface area contributed by atoms with Gasteiger partial charge in [-0.1, -0.05) is 54.6 Å². The number of halogens is 1. The van der Waals surface area contributed by atoms with E-state index < -0.39 is 0 Å². The summed E-state index contributed by atoms with van der Waals surface area (Å²) in [7, 11) is 0. The number of carbonyl (C=O) groups is 2. The minimum absolute atomic E-state index is 0.0360. The van der Waals surface area contributed by atoms with E-state index in [2.05, 4.69) is 0 Å². The Morgan fingerprint density at radius 3 is 2.70 bits per heavy atom. The van der Waals surface area contributed by atoms with Crippen LogP contribution in [-0.2, 0) is 32.1 Å². The van der Waals surface area contributed by atoms with E-state index in [1.807, 2.05) is 36.4 Å². The second kappa shape index (κ2) is 9.35. The first-order chi connectivity index (χ1) is 14.6. The first-order valence-electron chi connectivity index (χ1n) is 10.4. The van der Waals surface area contributed by atoms with Crippen molar-refractivity contribution < 1.29 is 23.5 Å². The van der Waals surface area contributed by atoms with Crippen LogP contribution < -0.4 is 0 Å². The lowest BCUT2D eigenvalue weighted by atomic mass is 9.91. The molecule has 0 aromatic heterocycles. The molecule has 0 bridgehead atoms. The molecule has 0 amide bonds. The summed E-state index contributed by atoms with van der Waals surface area (Å²) < 4.78 is 25.3. The quantitative estimate of drug-likeness (QED) is 0.479. The van der Waals surface area contributed by atoms with Gasteiger partial charge in [-0.3, -0.25) is 9.59 Å². The van der Waals surface area contributed by atoms with Gasteiger partial charge in [-0.2, -0.15) is 0 Å². The van der Waals surface area contributed by atoms with Crippen molar-refractivity contribution in [2.45, 2.75) is 44.5 Å². The van der Waals surface area contributed by atoms with E-state index in [9.17, 15) is 14.0 Å². The first-order valence-corrected chi connectivity index (χ1v) is 10.4. The Bertz CT molecular complexity index is 924. The normalized spacial score (nSPS) is 25.4. The molecule has 156 valence electrons. The molecule has 2 aromatic rings. The zero-order valence-corrected chi connectivity index (χ0v) is 16.7. The van der Waals surface area contributed by atoms with Crippen molar-refractivity contribution in [3.05, 3.63) is 83.7 Å². The molecule has 2 aliphatic rings. The number of hydrogen-bond donors (Lipinski definition) is 0. The van der Waals surface area contributed by atoms with Gasteiger partial charge in [0.2, 0.25) is 0 Å². The molecule has 2 aromatic carbocycles. The van der Waals surface area contributed by atoms with Gasteiger partial charge in [-0.15, -0.1) is 0 Å². The third-order valence-corrected chi connectivity index (χ3v) is 5.96. The summed E-state index contributed by atoms with van der Waals surface area (Å²) in [6, 6.07) is 16.4. The average Bonchev–Trinajstić information content (AvgIpc) is 3.26. The van der Waals surface area contributed by atoms with Gasteiger partial charge < -0.3 is 9.47 Å². The average molecular weight is 408 g/mol. The number of ether oxygens (including phenoxy) is 2. The van der Waals surface area contributed by atoms with Crippen LogP contribution >= 0.6 is 0 Å². The van der Waals surface area contributed by atoms with E-state index >= 15 is 0 Å². The maximum Gasteiger partial charge on any atom is 0.306 e. The van der Waals surface area contributed by atoms with Crippen LogP contribution in [0, 0.1) is 17.7 Å². The molecule has 4 rings (SSSR count). The fourth-order valence-corrected chi connectivity index (χ4v) is 4.38. The molecule has 4 nitrogen and oxygen atoms in total. The molecule has 0 N–H and O–H groups in total. The minimum atomic E-state index is -0.288. The smallest absolute Gasteiger partial charge is 0.306 e. The fourth-order valence-electron chi connectivity index (χ4n) is 4.38. The van der Waals surface area contributed by atoms with Crippen LogP contribution in [0.2, 0.25) is 0 Å². The fraction of sp³-hybridized carbons (Fsp3) is 0.360. The number of esters is 1. The molecule has 1 aliphatic heterocycles. The van der Waals surface area contributed by atoms with E-state index in [0.717, 1.165) is 5.56 Å². The number of ketones is 1. The molecule has 0 radical (unpaired) electrons. The van der Waals surface area contributed by atoms with E-state index in [0.29, 0.717) is 31.4 Å². The molecule has 0 spiro atoms. The Balaban J connectivity index is 1.38. The van der Waals surface area contributed by atoms with Crippen LogP contribution in [0.5, 0.6) is 0 Å². The molecular formula is C25H25FO4. The Labute approximate surface area is 175 Å². The topological polar surface area (TPSA) is 52.6 Å². The number of carbonyl (C=O) groups excluding carboxylic acids is 2. The van der Waals surface area contributed by atoms with Crippen molar-refractivity contribution in [3.63, 3.8) is 0 Å². The molecular weight excluding hydrogens is 383 g/mol. The maximum atomic E-state index is 13.7. The SMILES string of the molecule is O=C(C=CC1C(OCc2ccccc2)CC2OC(=O)CC21)CCc1ccccc1F. The van der Waals surface area contributed by atoms with E-state index in [1.165, 1.54) is 6.07 Å². The number of rotatable bonds is 8. The highest BCUT2D eigenvalue weighted by atomic mass is 19.1. The molecule has 2 fully saturated rings. The van der Waals surface area contributed by atoms with Crippen molar-refractivity contribution in [2.75, 3.05) is 0 Å². The lowest BCUT2D eigenvalue weighted by Crippen LogP contribution is -2.21. The number of benzene rings is 2. The highest BCUT2D eigenvalue weighted by Gasteiger charge is 2.49. The van der Waals surface area contributed by atoms with Gasteiger partial charge in [0.05, 0.1) is 19.1 Å². The zero-order chi connectivity index (χ0) is 20.9. The largest absolute Gasteiger partial charge is 0.462 e. The van der Waals surface area contributed by atoms with Gasteiger partial charge in [0.25, 0.3) is 0 Å². The van der Waals surface area contributed by atoms with Crippen LogP contribution in [0.15, 0.2) is 66.7 Å². The molecule has 1 saturated carbocycles. The molecule has 5 heteroatoms. The van der Waals surface area contributed by atoms with E-state index in [-0.39, 0.29) is 48.0 Å². The van der Waals surface area contributed by atoms with Crippen molar-refractivity contribution in [1.82, 2.24) is 0 Å². The Morgan fingerprint density at radius 2 is 1.90 bits per heavy atom. The van der Waals surface area contributed by atoms with Gasteiger partial charge in [0, 0.05) is 24.7 Å².